The van der Waals surface area contributed by atoms with Crippen LogP contribution < -0.4 is 5.32 Å². The lowest BCUT2D eigenvalue weighted by Crippen LogP contribution is -2.45. The van der Waals surface area contributed by atoms with Gasteiger partial charge in [-0.25, -0.2) is 4.39 Å². The van der Waals surface area contributed by atoms with Gasteiger partial charge in [0.15, 0.2) is 5.92 Å². The first-order valence-corrected chi connectivity index (χ1v) is 6.52. The maximum Gasteiger partial charge on any atom is 0.402 e. The quantitative estimate of drug-likeness (QED) is 0.538. The molecule has 0 amide bonds. The molecule has 0 aliphatic carbocycles. The molecule has 0 radical (unpaired) electrons. The Morgan fingerprint density at radius 2 is 1.57 bits per heavy atom. The van der Waals surface area contributed by atoms with E-state index in [0.717, 1.165) is 19.2 Å². The van der Waals surface area contributed by atoms with Gasteiger partial charge in [0.2, 0.25) is 0 Å². The zero-order valence-corrected chi connectivity index (χ0v) is 12.6. The van der Waals surface area contributed by atoms with Gasteiger partial charge in [0.1, 0.15) is 5.82 Å². The summed E-state index contributed by atoms with van der Waals surface area (Å²) in [7, 11) is 0.880. The SMILES string of the molecule is CNC(c1ccc(Br)c(Cl)c1F)C(C(F)(F)F)C(F)(F)F. The van der Waals surface area contributed by atoms with Gasteiger partial charge in [-0.3, -0.25) is 0 Å². The standard InChI is InChI=1S/C11H8BrClF7N/c1-21-8(9(10(15,16)17)11(18,19)20)4-2-3-5(12)6(13)7(4)14/h2-3,8-9,21H,1H3. The monoisotopic (exact) mass is 401 g/mol. The van der Waals surface area contributed by atoms with E-state index in [9.17, 15) is 30.7 Å². The summed E-state index contributed by atoms with van der Waals surface area (Å²) in [4.78, 5) is 0. The molecule has 0 heterocycles. The molecular formula is C11H8BrClF7N. The average Bonchev–Trinajstić information content (AvgIpc) is 2.30. The number of benzene rings is 1. The van der Waals surface area contributed by atoms with Crippen molar-refractivity contribution >= 4 is 27.5 Å². The summed E-state index contributed by atoms with van der Waals surface area (Å²) in [5.74, 6) is -5.11. The first-order valence-electron chi connectivity index (χ1n) is 5.35. The third-order valence-corrected chi connectivity index (χ3v) is 4.01. The highest BCUT2D eigenvalue weighted by atomic mass is 79.9. The molecule has 10 heteroatoms. The Labute approximate surface area is 128 Å². The van der Waals surface area contributed by atoms with E-state index in [1.807, 2.05) is 5.32 Å². The minimum Gasteiger partial charge on any atom is -0.312 e. The lowest BCUT2D eigenvalue weighted by atomic mass is 9.91. The summed E-state index contributed by atoms with van der Waals surface area (Å²) in [5, 5.41) is 1.28. The topological polar surface area (TPSA) is 12.0 Å². The first-order chi connectivity index (χ1) is 9.41. The van der Waals surface area contributed by atoms with Crippen LogP contribution in [-0.4, -0.2) is 19.4 Å². The lowest BCUT2D eigenvalue weighted by Gasteiger charge is -2.31. The first kappa shape index (κ1) is 18.5. The summed E-state index contributed by atoms with van der Waals surface area (Å²) in [5.41, 5.74) is -0.814. The molecule has 1 aromatic carbocycles. The molecule has 1 nitrogen and oxygen atoms in total. The summed E-state index contributed by atoms with van der Waals surface area (Å²) < 4.78 is 90.3. The van der Waals surface area contributed by atoms with Crippen molar-refractivity contribution in [3.63, 3.8) is 0 Å². The van der Waals surface area contributed by atoms with Crippen LogP contribution in [0.3, 0.4) is 0 Å². The van der Waals surface area contributed by atoms with Crippen LogP contribution in [0.15, 0.2) is 16.6 Å². The predicted molar refractivity (Wildman–Crippen MR) is 66.5 cm³/mol. The maximum atomic E-state index is 13.9. The Hall–Kier alpha value is -0.540. The second-order valence-electron chi connectivity index (χ2n) is 4.09. The van der Waals surface area contributed by atoms with E-state index in [1.54, 1.807) is 0 Å². The second-order valence-corrected chi connectivity index (χ2v) is 5.32. The summed E-state index contributed by atoms with van der Waals surface area (Å²) in [6.07, 6.45) is -11.2. The molecule has 1 N–H and O–H groups in total. The Balaban J connectivity index is 3.45. The number of hydrogen-bond acceptors (Lipinski definition) is 1. The molecule has 1 aromatic rings. The molecule has 120 valence electrons. The van der Waals surface area contributed by atoms with Crippen LogP contribution in [0.25, 0.3) is 0 Å². The fourth-order valence-electron chi connectivity index (χ4n) is 1.85. The Kier molecular flexibility index (Phi) is 5.55. The van der Waals surface area contributed by atoms with Crippen molar-refractivity contribution in [3.8, 4) is 0 Å². The molecule has 0 aromatic heterocycles. The van der Waals surface area contributed by atoms with Crippen molar-refractivity contribution in [2.45, 2.75) is 18.4 Å². The van der Waals surface area contributed by atoms with Crippen LogP contribution in [0.5, 0.6) is 0 Å². The maximum absolute atomic E-state index is 13.9. The molecule has 1 atom stereocenters. The highest BCUT2D eigenvalue weighted by Gasteiger charge is 2.60. The molecule has 1 unspecified atom stereocenters. The van der Waals surface area contributed by atoms with Crippen LogP contribution in [0.1, 0.15) is 11.6 Å². The van der Waals surface area contributed by atoms with Gasteiger partial charge in [0.25, 0.3) is 0 Å². The molecule has 0 spiro atoms. The van der Waals surface area contributed by atoms with Gasteiger partial charge >= 0.3 is 12.4 Å². The van der Waals surface area contributed by atoms with Crippen LogP contribution in [0, 0.1) is 11.7 Å². The Bertz CT molecular complexity index is 501. The number of rotatable bonds is 3. The van der Waals surface area contributed by atoms with Crippen molar-refractivity contribution in [1.82, 2.24) is 5.32 Å². The number of nitrogens with one attached hydrogen (secondary N) is 1. The van der Waals surface area contributed by atoms with Crippen LogP contribution in [0.2, 0.25) is 5.02 Å². The summed E-state index contributed by atoms with van der Waals surface area (Å²) in [6.45, 7) is 0. The van der Waals surface area contributed by atoms with Crippen LogP contribution in [0.4, 0.5) is 30.7 Å². The van der Waals surface area contributed by atoms with E-state index in [-0.39, 0.29) is 4.47 Å². The van der Waals surface area contributed by atoms with E-state index >= 15 is 0 Å². The molecule has 0 aliphatic heterocycles. The normalized spacial score (nSPS) is 14.6. The van der Waals surface area contributed by atoms with E-state index in [2.05, 4.69) is 15.9 Å². The average molecular weight is 403 g/mol. The van der Waals surface area contributed by atoms with E-state index < -0.39 is 40.7 Å². The van der Waals surface area contributed by atoms with Gasteiger partial charge in [-0.1, -0.05) is 17.7 Å². The van der Waals surface area contributed by atoms with Crippen molar-refractivity contribution < 1.29 is 30.7 Å². The van der Waals surface area contributed by atoms with E-state index in [0.29, 0.717) is 0 Å². The van der Waals surface area contributed by atoms with Gasteiger partial charge in [-0.05, 0) is 29.0 Å². The zero-order chi connectivity index (χ0) is 16.6. The molecule has 0 fully saturated rings. The predicted octanol–water partition coefficient (Wildman–Crippen LogP) is 5.24. The van der Waals surface area contributed by atoms with Gasteiger partial charge in [0.05, 0.1) is 11.1 Å². The Morgan fingerprint density at radius 3 is 1.95 bits per heavy atom. The highest BCUT2D eigenvalue weighted by Crippen LogP contribution is 2.47. The van der Waals surface area contributed by atoms with Crippen molar-refractivity contribution in [2.75, 3.05) is 7.05 Å². The molecule has 1 rings (SSSR count). The minimum absolute atomic E-state index is 0.0239. The van der Waals surface area contributed by atoms with Gasteiger partial charge in [0, 0.05) is 10.0 Å². The van der Waals surface area contributed by atoms with Gasteiger partial charge < -0.3 is 5.32 Å². The lowest BCUT2D eigenvalue weighted by molar-refractivity contribution is -0.292. The zero-order valence-electron chi connectivity index (χ0n) is 10.2. The smallest absolute Gasteiger partial charge is 0.312 e. The third kappa shape index (κ3) is 4.01. The van der Waals surface area contributed by atoms with E-state index in [4.69, 9.17) is 11.6 Å². The third-order valence-electron chi connectivity index (χ3n) is 2.75. The van der Waals surface area contributed by atoms with Crippen molar-refractivity contribution in [2.24, 2.45) is 5.92 Å². The molecule has 0 aliphatic rings. The highest BCUT2D eigenvalue weighted by molar-refractivity contribution is 9.10. The van der Waals surface area contributed by atoms with Crippen molar-refractivity contribution in [3.05, 3.63) is 33.0 Å². The summed E-state index contributed by atoms with van der Waals surface area (Å²) >= 11 is 8.34. The largest absolute Gasteiger partial charge is 0.402 e. The number of hydrogen-bond donors (Lipinski definition) is 1. The molecule has 0 saturated carbocycles. The number of alkyl halides is 6. The summed E-state index contributed by atoms with van der Waals surface area (Å²) in [6, 6.07) is -0.457. The Morgan fingerprint density at radius 1 is 1.10 bits per heavy atom. The fraction of sp³-hybridized carbons (Fsp3) is 0.455. The van der Waals surface area contributed by atoms with E-state index in [1.165, 1.54) is 0 Å². The van der Waals surface area contributed by atoms with Gasteiger partial charge in [-0.15, -0.1) is 0 Å². The van der Waals surface area contributed by atoms with Gasteiger partial charge in [-0.2, -0.15) is 26.3 Å². The number of halogens is 9. The molecule has 21 heavy (non-hydrogen) atoms. The van der Waals surface area contributed by atoms with Crippen LogP contribution >= 0.6 is 27.5 Å². The van der Waals surface area contributed by atoms with Crippen molar-refractivity contribution in [1.29, 1.82) is 0 Å². The molecule has 0 saturated heterocycles. The second kappa shape index (κ2) is 6.29. The fourth-order valence-corrected chi connectivity index (χ4v) is 2.32. The molecular weight excluding hydrogens is 394 g/mol. The minimum atomic E-state index is -5.60. The van der Waals surface area contributed by atoms with Crippen LogP contribution in [-0.2, 0) is 0 Å². The molecule has 0 bridgehead atoms.